The Kier molecular flexibility index (Phi) is 4.29. The SMILES string of the molecule is O=CC1(CCCC(O)CCCC2(C(=O)O)CC2)CC1. The lowest BCUT2D eigenvalue weighted by Gasteiger charge is -2.14. The highest BCUT2D eigenvalue weighted by Crippen LogP contribution is 2.50. The Labute approximate surface area is 114 Å². The van der Waals surface area contributed by atoms with Crippen LogP contribution in [0.3, 0.4) is 0 Å². The molecule has 0 aromatic heterocycles. The fourth-order valence-electron chi connectivity index (χ4n) is 2.82. The summed E-state index contributed by atoms with van der Waals surface area (Å²) in [6.07, 6.45) is 9.01. The molecule has 2 rings (SSSR count). The Morgan fingerprint density at radius 2 is 1.68 bits per heavy atom. The quantitative estimate of drug-likeness (QED) is 0.597. The molecule has 0 bridgehead atoms. The molecule has 108 valence electrons. The zero-order valence-corrected chi connectivity index (χ0v) is 11.4. The van der Waals surface area contributed by atoms with Crippen molar-refractivity contribution < 1.29 is 19.8 Å². The lowest BCUT2D eigenvalue weighted by atomic mass is 9.95. The van der Waals surface area contributed by atoms with Crippen LogP contribution in [0.25, 0.3) is 0 Å². The summed E-state index contributed by atoms with van der Waals surface area (Å²) in [5.41, 5.74) is -0.517. The molecule has 0 amide bonds. The number of aliphatic hydroxyl groups excluding tert-OH is 1. The van der Waals surface area contributed by atoms with Gasteiger partial charge in [0.1, 0.15) is 6.29 Å². The van der Waals surface area contributed by atoms with E-state index in [9.17, 15) is 14.7 Å². The summed E-state index contributed by atoms with van der Waals surface area (Å²) in [5.74, 6) is -0.677. The number of carbonyl (C=O) groups is 2. The number of carboxylic acid groups (broad SMARTS) is 1. The van der Waals surface area contributed by atoms with Crippen LogP contribution in [-0.2, 0) is 9.59 Å². The van der Waals surface area contributed by atoms with E-state index in [0.717, 1.165) is 57.7 Å². The maximum Gasteiger partial charge on any atom is 0.309 e. The lowest BCUT2D eigenvalue weighted by molar-refractivity contribution is -0.143. The van der Waals surface area contributed by atoms with Crippen LogP contribution in [0.2, 0.25) is 0 Å². The van der Waals surface area contributed by atoms with Gasteiger partial charge in [0.15, 0.2) is 0 Å². The summed E-state index contributed by atoms with van der Waals surface area (Å²) in [6, 6.07) is 0. The van der Waals surface area contributed by atoms with Crippen LogP contribution in [0.5, 0.6) is 0 Å². The molecule has 2 aliphatic carbocycles. The van der Waals surface area contributed by atoms with Crippen LogP contribution in [0, 0.1) is 10.8 Å². The van der Waals surface area contributed by atoms with Crippen LogP contribution in [0.15, 0.2) is 0 Å². The van der Waals surface area contributed by atoms with E-state index in [0.29, 0.717) is 12.8 Å². The van der Waals surface area contributed by atoms with Crippen molar-refractivity contribution in [3.05, 3.63) is 0 Å². The Morgan fingerprint density at radius 3 is 2.11 bits per heavy atom. The lowest BCUT2D eigenvalue weighted by Crippen LogP contribution is -2.16. The first-order valence-electron chi connectivity index (χ1n) is 7.40. The maximum absolute atomic E-state index is 11.0. The third-order valence-electron chi connectivity index (χ3n) is 4.85. The van der Waals surface area contributed by atoms with Gasteiger partial charge in [-0.2, -0.15) is 0 Å². The second-order valence-corrected chi connectivity index (χ2v) is 6.50. The van der Waals surface area contributed by atoms with Crippen molar-refractivity contribution in [2.45, 2.75) is 70.3 Å². The monoisotopic (exact) mass is 268 g/mol. The largest absolute Gasteiger partial charge is 0.481 e. The minimum Gasteiger partial charge on any atom is -0.481 e. The number of aliphatic hydroxyl groups is 1. The number of hydrogen-bond donors (Lipinski definition) is 2. The molecule has 0 radical (unpaired) electrons. The molecule has 2 fully saturated rings. The molecule has 2 N–H and O–H groups in total. The van der Waals surface area contributed by atoms with E-state index in [-0.39, 0.29) is 11.5 Å². The summed E-state index contributed by atoms with van der Waals surface area (Å²) in [4.78, 5) is 21.8. The van der Waals surface area contributed by atoms with Crippen molar-refractivity contribution in [1.29, 1.82) is 0 Å². The van der Waals surface area contributed by atoms with Crippen molar-refractivity contribution in [2.75, 3.05) is 0 Å². The highest BCUT2D eigenvalue weighted by atomic mass is 16.4. The zero-order chi connectivity index (χ0) is 13.9. The third kappa shape index (κ3) is 3.78. The normalized spacial score (nSPS) is 23.6. The Bertz CT molecular complexity index is 342. The van der Waals surface area contributed by atoms with E-state index in [1.165, 1.54) is 0 Å². The molecule has 0 saturated heterocycles. The molecular formula is C15H24O4. The molecule has 0 aliphatic heterocycles. The van der Waals surface area contributed by atoms with E-state index < -0.39 is 11.4 Å². The molecular weight excluding hydrogens is 244 g/mol. The van der Waals surface area contributed by atoms with E-state index in [4.69, 9.17) is 5.11 Å². The number of carboxylic acids is 1. The van der Waals surface area contributed by atoms with Gasteiger partial charge in [-0.15, -0.1) is 0 Å². The molecule has 1 atom stereocenters. The van der Waals surface area contributed by atoms with Gasteiger partial charge in [-0.1, -0.05) is 0 Å². The predicted octanol–water partition coefficient (Wildman–Crippen LogP) is 2.53. The minimum absolute atomic E-state index is 0.0545. The van der Waals surface area contributed by atoms with Gasteiger partial charge in [0, 0.05) is 5.41 Å². The number of aldehydes is 1. The predicted molar refractivity (Wildman–Crippen MR) is 70.7 cm³/mol. The molecule has 0 spiro atoms. The second kappa shape index (κ2) is 5.61. The number of aliphatic carboxylic acids is 1. The first-order chi connectivity index (χ1) is 9.02. The molecule has 0 aromatic carbocycles. The smallest absolute Gasteiger partial charge is 0.309 e. The van der Waals surface area contributed by atoms with Gasteiger partial charge in [0.2, 0.25) is 0 Å². The first-order valence-corrected chi connectivity index (χ1v) is 7.40. The van der Waals surface area contributed by atoms with Gasteiger partial charge in [0.25, 0.3) is 0 Å². The Balaban J connectivity index is 1.54. The van der Waals surface area contributed by atoms with Crippen LogP contribution >= 0.6 is 0 Å². The minimum atomic E-state index is -0.677. The van der Waals surface area contributed by atoms with Gasteiger partial charge < -0.3 is 15.0 Å². The van der Waals surface area contributed by atoms with E-state index in [2.05, 4.69) is 0 Å². The molecule has 2 saturated carbocycles. The van der Waals surface area contributed by atoms with Crippen LogP contribution in [-0.4, -0.2) is 28.6 Å². The summed E-state index contributed by atoms with van der Waals surface area (Å²) >= 11 is 0. The maximum atomic E-state index is 11.0. The first kappa shape index (κ1) is 14.5. The summed E-state index contributed by atoms with van der Waals surface area (Å²) in [6.45, 7) is 0. The average molecular weight is 268 g/mol. The highest BCUT2D eigenvalue weighted by molar-refractivity contribution is 5.77. The van der Waals surface area contributed by atoms with E-state index in [1.807, 2.05) is 0 Å². The second-order valence-electron chi connectivity index (χ2n) is 6.50. The van der Waals surface area contributed by atoms with Crippen molar-refractivity contribution in [3.8, 4) is 0 Å². The van der Waals surface area contributed by atoms with Crippen LogP contribution in [0.4, 0.5) is 0 Å². The van der Waals surface area contributed by atoms with Crippen LogP contribution in [0.1, 0.15) is 64.2 Å². The van der Waals surface area contributed by atoms with Crippen LogP contribution < -0.4 is 0 Å². The van der Waals surface area contributed by atoms with Gasteiger partial charge in [-0.05, 0) is 64.2 Å². The van der Waals surface area contributed by atoms with Crippen molar-refractivity contribution in [2.24, 2.45) is 10.8 Å². The molecule has 0 aromatic rings. The Hall–Kier alpha value is -0.900. The van der Waals surface area contributed by atoms with Crippen molar-refractivity contribution in [1.82, 2.24) is 0 Å². The number of rotatable bonds is 10. The molecule has 4 heteroatoms. The average Bonchev–Trinajstić information content (AvgIpc) is 3.24. The topological polar surface area (TPSA) is 74.6 Å². The molecule has 0 heterocycles. The standard InChI is InChI=1S/C15H24O4/c16-11-14(7-8-14)5-1-3-12(17)4-2-6-15(9-10-15)13(18)19/h11-12,17H,1-10H2,(H,18,19). The van der Waals surface area contributed by atoms with Gasteiger partial charge in [0.05, 0.1) is 11.5 Å². The third-order valence-corrected chi connectivity index (χ3v) is 4.85. The summed E-state index contributed by atoms with van der Waals surface area (Å²) in [5, 5.41) is 18.9. The van der Waals surface area contributed by atoms with Crippen molar-refractivity contribution >= 4 is 12.3 Å². The highest BCUT2D eigenvalue weighted by Gasteiger charge is 2.49. The zero-order valence-electron chi connectivity index (χ0n) is 11.4. The summed E-state index contributed by atoms with van der Waals surface area (Å²) < 4.78 is 0. The molecule has 1 unspecified atom stereocenters. The van der Waals surface area contributed by atoms with E-state index >= 15 is 0 Å². The van der Waals surface area contributed by atoms with Gasteiger partial charge in [-0.25, -0.2) is 0 Å². The van der Waals surface area contributed by atoms with Gasteiger partial charge >= 0.3 is 5.97 Å². The van der Waals surface area contributed by atoms with E-state index in [1.54, 1.807) is 0 Å². The number of carbonyl (C=O) groups excluding carboxylic acids is 1. The fourth-order valence-corrected chi connectivity index (χ4v) is 2.82. The fraction of sp³-hybridized carbons (Fsp3) is 0.867. The van der Waals surface area contributed by atoms with Crippen molar-refractivity contribution in [3.63, 3.8) is 0 Å². The number of hydrogen-bond acceptors (Lipinski definition) is 3. The Morgan fingerprint density at radius 1 is 1.11 bits per heavy atom. The summed E-state index contributed by atoms with van der Waals surface area (Å²) in [7, 11) is 0. The van der Waals surface area contributed by atoms with Gasteiger partial charge in [-0.3, -0.25) is 4.79 Å². The molecule has 4 nitrogen and oxygen atoms in total. The molecule has 2 aliphatic rings. The molecule has 19 heavy (non-hydrogen) atoms.